The van der Waals surface area contributed by atoms with Gasteiger partial charge >= 0.3 is 0 Å². The average molecular weight is 200 g/mol. The van der Waals surface area contributed by atoms with Gasteiger partial charge in [-0.25, -0.2) is 0 Å². The minimum Gasteiger partial charge on any atom is -0.0961 e. The average Bonchev–Trinajstić information content (AvgIpc) is 2.17. The van der Waals surface area contributed by atoms with Crippen LogP contribution in [-0.2, 0) is 0 Å². The molecule has 80 valence electrons. The smallest absolute Gasteiger partial charge is 0.0398 e. The van der Waals surface area contributed by atoms with E-state index in [0.717, 1.165) is 11.1 Å². The Morgan fingerprint density at radius 2 is 1.33 bits per heavy atom. The summed E-state index contributed by atoms with van der Waals surface area (Å²) in [6.07, 6.45) is 3.89. The number of rotatable bonds is 2. The van der Waals surface area contributed by atoms with Gasteiger partial charge in [0.15, 0.2) is 0 Å². The van der Waals surface area contributed by atoms with E-state index in [2.05, 4.69) is 32.2 Å². The predicted octanol–water partition coefficient (Wildman–Crippen LogP) is 4.69. The van der Waals surface area contributed by atoms with Crippen LogP contribution in [0.25, 0.3) is 0 Å². The molecule has 0 bridgehead atoms. The van der Waals surface area contributed by atoms with Gasteiger partial charge < -0.3 is 0 Å². The van der Waals surface area contributed by atoms with E-state index in [9.17, 15) is 0 Å². The fraction of sp³-hybridized carbons (Fsp3) is 0.200. The van der Waals surface area contributed by atoms with Crippen LogP contribution in [0.1, 0.15) is 19.4 Å². The highest BCUT2D eigenvalue weighted by Crippen LogP contribution is 1.94. The molecule has 0 aromatic heterocycles. The van der Waals surface area contributed by atoms with Gasteiger partial charge in [0, 0.05) is 0 Å². The van der Waals surface area contributed by atoms with Crippen molar-refractivity contribution in [1.29, 1.82) is 0 Å². The van der Waals surface area contributed by atoms with E-state index in [0.29, 0.717) is 0 Å². The largest absolute Gasteiger partial charge is 0.0961 e. The molecule has 0 amide bonds. The maximum atomic E-state index is 3.70. The highest BCUT2D eigenvalue weighted by atomic mass is 13.8. The molecule has 0 spiro atoms. The van der Waals surface area contributed by atoms with E-state index < -0.39 is 0 Å². The molecule has 1 aromatic carbocycles. The van der Waals surface area contributed by atoms with Crippen LogP contribution in [-0.4, -0.2) is 0 Å². The Morgan fingerprint density at radius 1 is 0.933 bits per heavy atom. The second-order valence-corrected chi connectivity index (χ2v) is 3.68. The van der Waals surface area contributed by atoms with Crippen LogP contribution in [0.2, 0.25) is 0 Å². The summed E-state index contributed by atoms with van der Waals surface area (Å²) in [6.45, 7) is 13.4. The second kappa shape index (κ2) is 7.81. The van der Waals surface area contributed by atoms with Crippen LogP contribution in [0, 0.1) is 6.92 Å². The number of allylic oxidation sites excluding steroid dienone is 4. The monoisotopic (exact) mass is 200 g/mol. The summed E-state index contributed by atoms with van der Waals surface area (Å²) in [5.41, 5.74) is 3.45. The van der Waals surface area contributed by atoms with Crippen molar-refractivity contribution in [2.24, 2.45) is 0 Å². The Hall–Kier alpha value is -1.56. The van der Waals surface area contributed by atoms with Gasteiger partial charge in [0.2, 0.25) is 0 Å². The first kappa shape index (κ1) is 13.4. The lowest BCUT2D eigenvalue weighted by molar-refractivity contribution is 1.48. The van der Waals surface area contributed by atoms with Crippen LogP contribution < -0.4 is 0 Å². The lowest BCUT2D eigenvalue weighted by Gasteiger charge is -1.84. The molecular weight excluding hydrogens is 180 g/mol. The van der Waals surface area contributed by atoms with Crippen molar-refractivity contribution in [3.05, 3.63) is 72.4 Å². The maximum Gasteiger partial charge on any atom is -0.0398 e. The van der Waals surface area contributed by atoms with E-state index >= 15 is 0 Å². The van der Waals surface area contributed by atoms with Crippen molar-refractivity contribution in [1.82, 2.24) is 0 Å². The van der Waals surface area contributed by atoms with Crippen molar-refractivity contribution in [3.63, 3.8) is 0 Å². The van der Waals surface area contributed by atoms with E-state index in [1.807, 2.05) is 44.2 Å². The van der Waals surface area contributed by atoms with E-state index in [1.54, 1.807) is 0 Å². The number of aryl methyl sites for hydroxylation is 1. The molecule has 0 aliphatic rings. The Kier molecular flexibility index (Phi) is 7.00. The zero-order valence-corrected chi connectivity index (χ0v) is 9.96. The molecule has 1 rings (SSSR count). The van der Waals surface area contributed by atoms with Crippen molar-refractivity contribution in [3.8, 4) is 0 Å². The summed E-state index contributed by atoms with van der Waals surface area (Å²) >= 11 is 0. The summed E-state index contributed by atoms with van der Waals surface area (Å²) in [5, 5.41) is 0. The molecule has 0 unspecified atom stereocenters. The van der Waals surface area contributed by atoms with Crippen LogP contribution >= 0.6 is 0 Å². The first-order valence-corrected chi connectivity index (χ1v) is 5.03. The standard InChI is InChI=1S/C8H12.C7H8/c1-7(2)5-6-8(3)4;1-7-5-3-2-4-6-7/h5-6H,1,3H2,2,4H3;2-6H,1H3/b6-5-;. The van der Waals surface area contributed by atoms with Crippen LogP contribution in [0.3, 0.4) is 0 Å². The van der Waals surface area contributed by atoms with Gasteiger partial charge in [-0.05, 0) is 20.8 Å². The fourth-order valence-electron chi connectivity index (χ4n) is 0.819. The molecule has 0 fully saturated rings. The minimum absolute atomic E-state index is 1.06. The number of benzene rings is 1. The van der Waals surface area contributed by atoms with Crippen LogP contribution in [0.15, 0.2) is 66.8 Å². The Morgan fingerprint density at radius 3 is 1.53 bits per heavy atom. The highest BCUT2D eigenvalue weighted by Gasteiger charge is 1.73. The van der Waals surface area contributed by atoms with Crippen molar-refractivity contribution >= 4 is 0 Å². The quantitative estimate of drug-likeness (QED) is 0.607. The second-order valence-electron chi connectivity index (χ2n) is 3.68. The number of hydrogen-bond acceptors (Lipinski definition) is 0. The first-order chi connectivity index (χ1) is 7.02. The molecule has 0 radical (unpaired) electrons. The maximum absolute atomic E-state index is 3.70. The molecule has 0 saturated carbocycles. The van der Waals surface area contributed by atoms with Gasteiger partial charge in [-0.15, -0.1) is 0 Å². The molecule has 0 atom stereocenters. The normalized spacial score (nSPS) is 9.27. The molecule has 15 heavy (non-hydrogen) atoms. The van der Waals surface area contributed by atoms with E-state index in [-0.39, 0.29) is 0 Å². The Bertz CT molecular complexity index is 312. The Labute approximate surface area is 93.7 Å². The molecule has 1 aromatic rings. The van der Waals surface area contributed by atoms with Gasteiger partial charge in [0.05, 0.1) is 0 Å². The zero-order chi connectivity index (χ0) is 11.7. The Balaban J connectivity index is 0.000000262. The number of hydrogen-bond donors (Lipinski definition) is 0. The van der Waals surface area contributed by atoms with Gasteiger partial charge in [-0.1, -0.05) is 72.4 Å². The van der Waals surface area contributed by atoms with Crippen molar-refractivity contribution < 1.29 is 0 Å². The van der Waals surface area contributed by atoms with Crippen LogP contribution in [0.5, 0.6) is 0 Å². The molecule has 0 saturated heterocycles. The summed E-state index contributed by atoms with van der Waals surface area (Å²) in [7, 11) is 0. The SMILES string of the molecule is C=C(C)/C=C\C(=C)C.Cc1ccccc1. The van der Waals surface area contributed by atoms with E-state index in [1.165, 1.54) is 5.56 Å². The van der Waals surface area contributed by atoms with E-state index in [4.69, 9.17) is 0 Å². The van der Waals surface area contributed by atoms with Gasteiger partial charge in [-0.3, -0.25) is 0 Å². The molecule has 0 N–H and O–H groups in total. The van der Waals surface area contributed by atoms with Crippen molar-refractivity contribution in [2.75, 3.05) is 0 Å². The zero-order valence-electron chi connectivity index (χ0n) is 9.96. The topological polar surface area (TPSA) is 0 Å². The molecule has 0 nitrogen and oxygen atoms in total. The molecule has 0 heterocycles. The lowest BCUT2D eigenvalue weighted by atomic mass is 10.2. The third kappa shape index (κ3) is 10.4. The third-order valence-electron chi connectivity index (χ3n) is 1.59. The molecule has 0 aliphatic carbocycles. The summed E-state index contributed by atoms with van der Waals surface area (Å²) in [5.74, 6) is 0. The van der Waals surface area contributed by atoms with Gasteiger partial charge in [-0.2, -0.15) is 0 Å². The van der Waals surface area contributed by atoms with Crippen molar-refractivity contribution in [2.45, 2.75) is 20.8 Å². The summed E-state index contributed by atoms with van der Waals surface area (Å²) in [4.78, 5) is 0. The van der Waals surface area contributed by atoms with Crippen LogP contribution in [0.4, 0.5) is 0 Å². The molecule has 0 heteroatoms. The van der Waals surface area contributed by atoms with Gasteiger partial charge in [0.25, 0.3) is 0 Å². The minimum atomic E-state index is 1.06. The summed E-state index contributed by atoms with van der Waals surface area (Å²) in [6, 6.07) is 10.3. The van der Waals surface area contributed by atoms with Gasteiger partial charge in [0.1, 0.15) is 0 Å². The highest BCUT2D eigenvalue weighted by molar-refractivity contribution is 5.20. The fourth-order valence-corrected chi connectivity index (χ4v) is 0.819. The first-order valence-electron chi connectivity index (χ1n) is 5.03. The molecule has 0 aliphatic heterocycles. The third-order valence-corrected chi connectivity index (χ3v) is 1.59. The molecular formula is C15H20. The summed E-state index contributed by atoms with van der Waals surface area (Å²) < 4.78 is 0. The lowest BCUT2D eigenvalue weighted by Crippen LogP contribution is -1.62. The predicted molar refractivity (Wildman–Crippen MR) is 69.9 cm³/mol.